The Morgan fingerprint density at radius 3 is 2.69 bits per heavy atom. The van der Waals surface area contributed by atoms with Crippen molar-refractivity contribution in [3.63, 3.8) is 0 Å². The quantitative estimate of drug-likeness (QED) is 0.603. The van der Waals surface area contributed by atoms with E-state index in [4.69, 9.17) is 0 Å². The normalized spacial score (nSPS) is 14.8. The van der Waals surface area contributed by atoms with Crippen LogP contribution in [0, 0.1) is 0 Å². The van der Waals surface area contributed by atoms with Gasteiger partial charge in [0.25, 0.3) is 5.91 Å². The van der Waals surface area contributed by atoms with Crippen LogP contribution in [-0.2, 0) is 13.6 Å². The van der Waals surface area contributed by atoms with E-state index in [1.807, 2.05) is 24.4 Å². The molecule has 7 heteroatoms. The average molecular weight is 454 g/mol. The molecule has 4 rings (SSSR count). The van der Waals surface area contributed by atoms with Gasteiger partial charge in [-0.1, -0.05) is 6.08 Å². The molecule has 0 N–H and O–H groups in total. The van der Waals surface area contributed by atoms with E-state index < -0.39 is 0 Å². The number of carbonyl (C=O) groups excluding carboxylic acids is 1. The van der Waals surface area contributed by atoms with Crippen LogP contribution in [0.2, 0.25) is 0 Å². The third kappa shape index (κ3) is 3.97. The fraction of sp³-hybridized carbons (Fsp3) is 0.318. The van der Waals surface area contributed by atoms with Crippen LogP contribution in [0.3, 0.4) is 0 Å². The second-order valence-corrected chi connectivity index (χ2v) is 8.43. The predicted molar refractivity (Wildman–Crippen MR) is 119 cm³/mol. The van der Waals surface area contributed by atoms with Gasteiger partial charge in [-0.2, -0.15) is 0 Å². The van der Waals surface area contributed by atoms with Crippen LogP contribution in [-0.4, -0.2) is 57.4 Å². The first-order valence-corrected chi connectivity index (χ1v) is 10.4. The number of pyridine rings is 2. The maximum atomic E-state index is 12.0. The standard InChI is InChI=1S/C22H24BrN5O/c1-26(2)22(29)16-4-5-20(25-13-16)15-7-10-28(11-8-15)14-17-12-18-19(23)6-9-24-21(18)27(17)3/h4-7,9,12-13H,8,10-11,14H2,1-3H3. The summed E-state index contributed by atoms with van der Waals surface area (Å²) in [6.07, 6.45) is 6.69. The predicted octanol–water partition coefficient (Wildman–Crippen LogP) is 3.72. The zero-order chi connectivity index (χ0) is 20.5. The molecule has 1 amide bonds. The van der Waals surface area contributed by atoms with Crippen molar-refractivity contribution in [2.75, 3.05) is 27.2 Å². The summed E-state index contributed by atoms with van der Waals surface area (Å²) in [6, 6.07) is 8.00. The highest BCUT2D eigenvalue weighted by molar-refractivity contribution is 9.10. The summed E-state index contributed by atoms with van der Waals surface area (Å²) in [5.41, 5.74) is 5.07. The minimum absolute atomic E-state index is 0.0241. The van der Waals surface area contributed by atoms with E-state index in [-0.39, 0.29) is 5.91 Å². The summed E-state index contributed by atoms with van der Waals surface area (Å²) in [4.78, 5) is 25.0. The van der Waals surface area contributed by atoms with Gasteiger partial charge in [-0.05, 0) is 52.2 Å². The van der Waals surface area contributed by atoms with E-state index in [0.717, 1.165) is 47.3 Å². The van der Waals surface area contributed by atoms with Gasteiger partial charge in [-0.3, -0.25) is 14.7 Å². The number of amides is 1. The Morgan fingerprint density at radius 2 is 2.07 bits per heavy atom. The number of aromatic nitrogens is 3. The van der Waals surface area contributed by atoms with Crippen LogP contribution < -0.4 is 0 Å². The monoisotopic (exact) mass is 453 g/mol. The highest BCUT2D eigenvalue weighted by Crippen LogP contribution is 2.27. The van der Waals surface area contributed by atoms with Crippen LogP contribution in [0.1, 0.15) is 28.2 Å². The fourth-order valence-corrected chi connectivity index (χ4v) is 4.09. The number of carbonyl (C=O) groups is 1. The largest absolute Gasteiger partial charge is 0.345 e. The third-order valence-electron chi connectivity index (χ3n) is 5.40. The Bertz CT molecular complexity index is 1080. The molecule has 0 aromatic carbocycles. The molecule has 4 heterocycles. The molecule has 6 nitrogen and oxygen atoms in total. The lowest BCUT2D eigenvalue weighted by Crippen LogP contribution is -2.29. The molecule has 1 aliphatic heterocycles. The molecule has 0 atom stereocenters. The molecule has 0 aliphatic carbocycles. The molecular formula is C22H24BrN5O. The number of halogens is 1. The van der Waals surface area contributed by atoms with E-state index in [2.05, 4.69) is 54.6 Å². The molecule has 3 aromatic heterocycles. The van der Waals surface area contributed by atoms with Crippen molar-refractivity contribution >= 4 is 38.4 Å². The van der Waals surface area contributed by atoms with Crippen molar-refractivity contribution in [3.8, 4) is 0 Å². The van der Waals surface area contributed by atoms with Crippen molar-refractivity contribution in [2.24, 2.45) is 7.05 Å². The van der Waals surface area contributed by atoms with Crippen LogP contribution in [0.15, 0.2) is 47.2 Å². The van der Waals surface area contributed by atoms with Gasteiger partial charge >= 0.3 is 0 Å². The number of hydrogen-bond donors (Lipinski definition) is 0. The van der Waals surface area contributed by atoms with Gasteiger partial charge in [0.1, 0.15) is 5.65 Å². The summed E-state index contributed by atoms with van der Waals surface area (Å²) >= 11 is 3.62. The molecule has 29 heavy (non-hydrogen) atoms. The number of hydrogen-bond acceptors (Lipinski definition) is 4. The summed E-state index contributed by atoms with van der Waals surface area (Å²) < 4.78 is 3.24. The molecule has 0 bridgehead atoms. The lowest BCUT2D eigenvalue weighted by Gasteiger charge is -2.26. The van der Waals surface area contributed by atoms with E-state index in [0.29, 0.717) is 5.56 Å². The maximum Gasteiger partial charge on any atom is 0.254 e. The maximum absolute atomic E-state index is 12.0. The van der Waals surface area contributed by atoms with Crippen molar-refractivity contribution < 1.29 is 4.79 Å². The van der Waals surface area contributed by atoms with Crippen molar-refractivity contribution in [2.45, 2.75) is 13.0 Å². The Kier molecular flexibility index (Phi) is 5.52. The zero-order valence-electron chi connectivity index (χ0n) is 16.9. The number of rotatable bonds is 4. The molecule has 0 fully saturated rings. The van der Waals surface area contributed by atoms with Gasteiger partial charge in [0.2, 0.25) is 0 Å². The first-order chi connectivity index (χ1) is 13.9. The number of aryl methyl sites for hydroxylation is 1. The van der Waals surface area contributed by atoms with Gasteiger partial charge < -0.3 is 9.47 Å². The lowest BCUT2D eigenvalue weighted by atomic mass is 10.0. The molecule has 0 spiro atoms. The lowest BCUT2D eigenvalue weighted by molar-refractivity contribution is 0.0827. The molecule has 0 saturated carbocycles. The average Bonchev–Trinajstić information content (AvgIpc) is 3.05. The Hall–Kier alpha value is -2.51. The summed E-state index contributed by atoms with van der Waals surface area (Å²) in [5, 5.41) is 1.15. The summed E-state index contributed by atoms with van der Waals surface area (Å²) in [6.45, 7) is 2.74. The molecule has 150 valence electrons. The van der Waals surface area contributed by atoms with Crippen molar-refractivity contribution in [1.82, 2.24) is 24.3 Å². The van der Waals surface area contributed by atoms with Crippen molar-refractivity contribution in [3.05, 3.63) is 64.2 Å². The van der Waals surface area contributed by atoms with E-state index in [1.54, 1.807) is 25.2 Å². The third-order valence-corrected chi connectivity index (χ3v) is 6.09. The van der Waals surface area contributed by atoms with Crippen LogP contribution in [0.25, 0.3) is 16.6 Å². The van der Waals surface area contributed by atoms with Gasteiger partial charge in [0, 0.05) is 68.7 Å². The van der Waals surface area contributed by atoms with Gasteiger partial charge in [-0.15, -0.1) is 0 Å². The zero-order valence-corrected chi connectivity index (χ0v) is 18.5. The summed E-state index contributed by atoms with van der Waals surface area (Å²) in [7, 11) is 5.57. The second kappa shape index (κ2) is 8.08. The number of fused-ring (bicyclic) bond motifs is 1. The van der Waals surface area contributed by atoms with E-state index in [1.165, 1.54) is 11.3 Å². The summed E-state index contributed by atoms with van der Waals surface area (Å²) in [5.74, 6) is -0.0241. The first kappa shape index (κ1) is 19.8. The Morgan fingerprint density at radius 1 is 1.24 bits per heavy atom. The fourth-order valence-electron chi connectivity index (χ4n) is 3.68. The topological polar surface area (TPSA) is 54.3 Å². The molecule has 3 aromatic rings. The molecule has 0 radical (unpaired) electrons. The van der Waals surface area contributed by atoms with E-state index in [9.17, 15) is 4.79 Å². The number of nitrogens with zero attached hydrogens (tertiary/aromatic N) is 5. The van der Waals surface area contributed by atoms with Crippen LogP contribution in [0.4, 0.5) is 0 Å². The highest BCUT2D eigenvalue weighted by atomic mass is 79.9. The first-order valence-electron chi connectivity index (χ1n) is 9.62. The highest BCUT2D eigenvalue weighted by Gasteiger charge is 2.17. The van der Waals surface area contributed by atoms with Gasteiger partial charge in [-0.25, -0.2) is 4.98 Å². The van der Waals surface area contributed by atoms with Crippen LogP contribution in [0.5, 0.6) is 0 Å². The Balaban J connectivity index is 1.46. The smallest absolute Gasteiger partial charge is 0.254 e. The molecular weight excluding hydrogens is 430 g/mol. The molecule has 1 aliphatic rings. The van der Waals surface area contributed by atoms with E-state index >= 15 is 0 Å². The van der Waals surface area contributed by atoms with Crippen molar-refractivity contribution in [1.29, 1.82) is 0 Å². The van der Waals surface area contributed by atoms with Gasteiger partial charge in [0.05, 0.1) is 11.3 Å². The Labute approximate surface area is 179 Å². The SMILES string of the molecule is CN(C)C(=O)c1ccc(C2=CCN(Cc3cc4c(Br)ccnc4n3C)CC2)nc1. The second-order valence-electron chi connectivity index (χ2n) is 7.57. The minimum atomic E-state index is -0.0241. The molecule has 0 unspecified atom stereocenters. The molecule has 0 saturated heterocycles. The van der Waals surface area contributed by atoms with Gasteiger partial charge in [0.15, 0.2) is 0 Å². The van der Waals surface area contributed by atoms with Crippen LogP contribution >= 0.6 is 15.9 Å². The minimum Gasteiger partial charge on any atom is -0.345 e.